The number of hydrogen-bond donors (Lipinski definition) is 1. The van der Waals surface area contributed by atoms with Crippen LogP contribution >= 0.6 is 27.3 Å². The highest BCUT2D eigenvalue weighted by Crippen LogP contribution is 2.29. The van der Waals surface area contributed by atoms with Gasteiger partial charge in [-0.3, -0.25) is 4.79 Å². The number of carbonyl (C=O) groups excluding carboxylic acids is 1. The zero-order chi connectivity index (χ0) is 13.1. The third kappa shape index (κ3) is 2.97. The fraction of sp³-hybridized carbons (Fsp3) is 0.231. The normalized spacial score (nSPS) is 10.7. The summed E-state index contributed by atoms with van der Waals surface area (Å²) in [6.45, 7) is 4.06. The predicted octanol–water partition coefficient (Wildman–Crippen LogP) is 4.28. The minimum atomic E-state index is -0.104. The Balaban J connectivity index is 2.24. The van der Waals surface area contributed by atoms with E-state index in [0.717, 1.165) is 15.3 Å². The topological polar surface area (TPSA) is 42.0 Å². The first-order chi connectivity index (χ1) is 8.58. The summed E-state index contributed by atoms with van der Waals surface area (Å²) in [5.41, 5.74) is 1.63. The average molecular weight is 325 g/mol. The zero-order valence-electron chi connectivity index (χ0n) is 10.1. The lowest BCUT2D eigenvalue weighted by molar-refractivity contribution is 0.102. The smallest absolute Gasteiger partial charge is 0.267 e. The molecule has 3 nitrogen and oxygen atoms in total. The van der Waals surface area contributed by atoms with Crippen molar-refractivity contribution >= 4 is 38.9 Å². The van der Waals surface area contributed by atoms with Crippen molar-refractivity contribution in [1.29, 1.82) is 0 Å². The van der Waals surface area contributed by atoms with Crippen molar-refractivity contribution in [1.82, 2.24) is 4.98 Å². The third-order valence-corrected chi connectivity index (χ3v) is 3.93. The van der Waals surface area contributed by atoms with E-state index in [2.05, 4.69) is 26.2 Å². The van der Waals surface area contributed by atoms with Crippen LogP contribution in [0.25, 0.3) is 0 Å². The number of carbonyl (C=O) groups is 1. The Morgan fingerprint density at radius 1 is 1.33 bits per heavy atom. The number of para-hydroxylation sites is 1. The van der Waals surface area contributed by atoms with Crippen LogP contribution in [-0.2, 0) is 0 Å². The maximum atomic E-state index is 12.2. The summed E-state index contributed by atoms with van der Waals surface area (Å²) in [6, 6.07) is 9.42. The molecule has 2 rings (SSSR count). The molecule has 0 atom stereocenters. The monoisotopic (exact) mass is 324 g/mol. The maximum Gasteiger partial charge on any atom is 0.267 e. The summed E-state index contributed by atoms with van der Waals surface area (Å²) in [7, 11) is 0. The molecular formula is C13H13BrN2OS. The highest BCUT2D eigenvalue weighted by molar-refractivity contribution is 9.11. The van der Waals surface area contributed by atoms with Gasteiger partial charge in [0.2, 0.25) is 0 Å². The lowest BCUT2D eigenvalue weighted by Gasteiger charge is -2.06. The molecule has 0 saturated carbocycles. The molecule has 0 spiro atoms. The van der Waals surface area contributed by atoms with Gasteiger partial charge >= 0.3 is 0 Å². The van der Waals surface area contributed by atoms with Gasteiger partial charge in [-0.2, -0.15) is 0 Å². The zero-order valence-corrected chi connectivity index (χ0v) is 12.5. The van der Waals surface area contributed by atoms with Crippen molar-refractivity contribution < 1.29 is 4.79 Å². The van der Waals surface area contributed by atoms with Crippen LogP contribution in [0.5, 0.6) is 0 Å². The summed E-state index contributed by atoms with van der Waals surface area (Å²) in [5.74, 6) is 0.122. The second kappa shape index (κ2) is 5.63. The van der Waals surface area contributed by atoms with Crippen LogP contribution in [0.1, 0.15) is 35.1 Å². The Hall–Kier alpha value is -1.20. The second-order valence-electron chi connectivity index (χ2n) is 4.16. The number of aromatic nitrogens is 1. The molecular weight excluding hydrogens is 312 g/mol. The Morgan fingerprint density at radius 3 is 2.61 bits per heavy atom. The first-order valence-corrected chi connectivity index (χ1v) is 7.21. The Morgan fingerprint density at radius 2 is 2.00 bits per heavy atom. The minimum Gasteiger partial charge on any atom is -0.321 e. The van der Waals surface area contributed by atoms with Crippen molar-refractivity contribution in [2.24, 2.45) is 0 Å². The highest BCUT2D eigenvalue weighted by atomic mass is 79.9. The molecule has 0 unspecified atom stereocenters. The van der Waals surface area contributed by atoms with Crippen LogP contribution in [0.4, 0.5) is 5.69 Å². The molecule has 0 bridgehead atoms. The molecule has 0 aliphatic carbocycles. The van der Waals surface area contributed by atoms with Gasteiger partial charge in [0.05, 0.1) is 5.69 Å². The molecule has 1 amide bonds. The lowest BCUT2D eigenvalue weighted by atomic mass is 10.1. The molecule has 1 N–H and O–H groups in total. The third-order valence-electron chi connectivity index (χ3n) is 2.41. The van der Waals surface area contributed by atoms with Crippen LogP contribution in [0.15, 0.2) is 34.2 Å². The van der Waals surface area contributed by atoms with Crippen molar-refractivity contribution in [2.45, 2.75) is 19.8 Å². The molecule has 0 saturated heterocycles. The molecule has 5 heteroatoms. The first kappa shape index (κ1) is 13.2. The molecule has 1 heterocycles. The molecule has 18 heavy (non-hydrogen) atoms. The maximum absolute atomic E-state index is 12.2. The lowest BCUT2D eigenvalue weighted by Crippen LogP contribution is -2.12. The van der Waals surface area contributed by atoms with Crippen LogP contribution in [0, 0.1) is 0 Å². The van der Waals surface area contributed by atoms with Gasteiger partial charge in [-0.05, 0) is 34.0 Å². The van der Waals surface area contributed by atoms with Gasteiger partial charge in [-0.25, -0.2) is 4.98 Å². The standard InChI is InChI=1S/C13H13BrN2OS/c1-8(2)10-11(18-13(14)16-10)12(17)15-9-6-4-3-5-7-9/h3-8H,1-2H3,(H,15,17). The Labute approximate surface area is 118 Å². The van der Waals surface area contributed by atoms with E-state index in [1.165, 1.54) is 11.3 Å². The van der Waals surface area contributed by atoms with E-state index in [-0.39, 0.29) is 11.8 Å². The number of hydrogen-bond acceptors (Lipinski definition) is 3. The van der Waals surface area contributed by atoms with Crippen molar-refractivity contribution in [3.63, 3.8) is 0 Å². The van der Waals surface area contributed by atoms with Gasteiger partial charge in [-0.15, -0.1) is 11.3 Å². The van der Waals surface area contributed by atoms with Crippen molar-refractivity contribution in [3.8, 4) is 0 Å². The summed E-state index contributed by atoms with van der Waals surface area (Å²) in [5, 5.41) is 2.88. The number of amides is 1. The largest absolute Gasteiger partial charge is 0.321 e. The predicted molar refractivity (Wildman–Crippen MR) is 78.3 cm³/mol. The van der Waals surface area contributed by atoms with Gasteiger partial charge < -0.3 is 5.32 Å². The van der Waals surface area contributed by atoms with Crippen molar-refractivity contribution in [3.05, 3.63) is 44.8 Å². The van der Waals surface area contributed by atoms with E-state index in [1.807, 2.05) is 44.2 Å². The van der Waals surface area contributed by atoms with E-state index >= 15 is 0 Å². The highest BCUT2D eigenvalue weighted by Gasteiger charge is 2.19. The molecule has 94 valence electrons. The van der Waals surface area contributed by atoms with Crippen LogP contribution in [0.2, 0.25) is 0 Å². The number of nitrogens with zero attached hydrogens (tertiary/aromatic N) is 1. The number of benzene rings is 1. The first-order valence-electron chi connectivity index (χ1n) is 5.60. The van der Waals surface area contributed by atoms with E-state index < -0.39 is 0 Å². The quantitative estimate of drug-likeness (QED) is 0.915. The minimum absolute atomic E-state index is 0.104. The molecule has 0 fully saturated rings. The number of halogens is 1. The van der Waals surface area contributed by atoms with Gasteiger partial charge in [-0.1, -0.05) is 32.0 Å². The number of rotatable bonds is 3. The Bertz CT molecular complexity index is 551. The van der Waals surface area contributed by atoms with Crippen LogP contribution in [-0.4, -0.2) is 10.9 Å². The van der Waals surface area contributed by atoms with Crippen molar-refractivity contribution in [2.75, 3.05) is 5.32 Å². The number of thiazole rings is 1. The fourth-order valence-electron chi connectivity index (χ4n) is 1.57. The van der Waals surface area contributed by atoms with Crippen LogP contribution in [0.3, 0.4) is 0 Å². The van der Waals surface area contributed by atoms with Gasteiger partial charge in [0.15, 0.2) is 3.92 Å². The SMILES string of the molecule is CC(C)c1nc(Br)sc1C(=O)Nc1ccccc1. The number of anilines is 1. The summed E-state index contributed by atoms with van der Waals surface area (Å²) in [6.07, 6.45) is 0. The molecule has 0 aliphatic heterocycles. The average Bonchev–Trinajstić information content (AvgIpc) is 2.73. The molecule has 1 aromatic heterocycles. The summed E-state index contributed by atoms with van der Waals surface area (Å²) in [4.78, 5) is 17.2. The summed E-state index contributed by atoms with van der Waals surface area (Å²) >= 11 is 4.70. The molecule has 0 aliphatic rings. The molecule has 0 radical (unpaired) electrons. The van der Waals surface area contributed by atoms with E-state index in [1.54, 1.807) is 0 Å². The van der Waals surface area contributed by atoms with E-state index in [4.69, 9.17) is 0 Å². The summed E-state index contributed by atoms with van der Waals surface area (Å²) < 4.78 is 0.740. The Kier molecular flexibility index (Phi) is 4.14. The van der Waals surface area contributed by atoms with Gasteiger partial charge in [0.25, 0.3) is 5.91 Å². The van der Waals surface area contributed by atoms with Crippen LogP contribution < -0.4 is 5.32 Å². The molecule has 1 aromatic carbocycles. The number of nitrogens with one attached hydrogen (secondary N) is 1. The van der Waals surface area contributed by atoms with Gasteiger partial charge in [0, 0.05) is 5.69 Å². The van der Waals surface area contributed by atoms with E-state index in [9.17, 15) is 4.79 Å². The van der Waals surface area contributed by atoms with Gasteiger partial charge in [0.1, 0.15) is 4.88 Å². The van der Waals surface area contributed by atoms with E-state index in [0.29, 0.717) is 4.88 Å². The molecule has 2 aromatic rings. The second-order valence-corrected chi connectivity index (χ2v) is 6.43. The fourth-order valence-corrected chi connectivity index (χ4v) is 3.09.